The number of unbranched alkanes of at least 4 members (excludes halogenated alkanes) is 2. The van der Waals surface area contributed by atoms with Gasteiger partial charge in [0.2, 0.25) is 0 Å². The Balaban J connectivity index is 1.82. The van der Waals surface area contributed by atoms with Crippen molar-refractivity contribution in [2.75, 3.05) is 43.4 Å². The van der Waals surface area contributed by atoms with Crippen LogP contribution in [0.4, 0.5) is 11.5 Å². The molecule has 0 spiro atoms. The molecule has 146 valence electrons. The summed E-state index contributed by atoms with van der Waals surface area (Å²) in [6, 6.07) is 8.25. The van der Waals surface area contributed by atoms with Crippen molar-refractivity contribution in [1.29, 1.82) is 0 Å². The van der Waals surface area contributed by atoms with Crippen molar-refractivity contribution in [2.24, 2.45) is 0 Å². The molecule has 0 radical (unpaired) electrons. The molecular weight excluding hydrogens is 336 g/mol. The molecule has 0 unspecified atom stereocenters. The summed E-state index contributed by atoms with van der Waals surface area (Å²) in [7, 11) is 2.10. The van der Waals surface area contributed by atoms with E-state index in [1.165, 1.54) is 36.1 Å². The summed E-state index contributed by atoms with van der Waals surface area (Å²) in [4.78, 5) is 20.1. The Morgan fingerprint density at radius 3 is 2.59 bits per heavy atom. The van der Waals surface area contributed by atoms with Gasteiger partial charge in [0.15, 0.2) is 6.54 Å². The zero-order valence-electron chi connectivity index (χ0n) is 17.0. The van der Waals surface area contributed by atoms with Crippen LogP contribution in [0.15, 0.2) is 24.3 Å². The first kappa shape index (κ1) is 19.6. The van der Waals surface area contributed by atoms with Gasteiger partial charge in [-0.1, -0.05) is 38.8 Å². The number of hydrogen-bond acceptors (Lipinski definition) is 2. The lowest BCUT2D eigenvalue weighted by molar-refractivity contribution is -0.892. The van der Waals surface area contributed by atoms with Gasteiger partial charge in [0, 0.05) is 11.8 Å². The number of nitrogens with zero attached hydrogens (tertiary/aromatic N) is 1. The van der Waals surface area contributed by atoms with E-state index >= 15 is 0 Å². The van der Waals surface area contributed by atoms with Gasteiger partial charge >= 0.3 is 0 Å². The van der Waals surface area contributed by atoms with Gasteiger partial charge in [-0.05, 0) is 25.0 Å². The van der Waals surface area contributed by atoms with Crippen LogP contribution in [0.5, 0.6) is 0 Å². The van der Waals surface area contributed by atoms with Crippen molar-refractivity contribution < 1.29 is 14.7 Å². The lowest BCUT2D eigenvalue weighted by atomic mass is 10.1. The SMILES string of the molecule is CCCC[NH+](CCCC)CC(=O)Nc1c2c([nH+]c3ccccc13)N(C)CC2. The van der Waals surface area contributed by atoms with E-state index in [1.54, 1.807) is 0 Å². The normalized spacial score (nSPS) is 13.4. The number of para-hydroxylation sites is 1. The fourth-order valence-corrected chi connectivity index (χ4v) is 3.96. The molecule has 0 aliphatic carbocycles. The Kier molecular flexibility index (Phi) is 6.67. The summed E-state index contributed by atoms with van der Waals surface area (Å²) in [5.74, 6) is 1.26. The molecule has 2 heterocycles. The van der Waals surface area contributed by atoms with Crippen molar-refractivity contribution in [3.05, 3.63) is 29.8 Å². The van der Waals surface area contributed by atoms with Crippen LogP contribution in [-0.4, -0.2) is 39.1 Å². The number of pyridine rings is 1. The van der Waals surface area contributed by atoms with Gasteiger partial charge in [0.05, 0.1) is 37.9 Å². The zero-order chi connectivity index (χ0) is 19.2. The second kappa shape index (κ2) is 9.18. The second-order valence-corrected chi connectivity index (χ2v) is 7.73. The van der Waals surface area contributed by atoms with Gasteiger partial charge in [-0.15, -0.1) is 0 Å². The zero-order valence-corrected chi connectivity index (χ0v) is 17.0. The first-order valence-electron chi connectivity index (χ1n) is 10.5. The fourth-order valence-electron chi connectivity index (χ4n) is 3.96. The Morgan fingerprint density at radius 1 is 1.19 bits per heavy atom. The molecule has 27 heavy (non-hydrogen) atoms. The highest BCUT2D eigenvalue weighted by Crippen LogP contribution is 2.34. The molecule has 0 bridgehead atoms. The number of carbonyl (C=O) groups excluding carboxylic acids is 1. The number of rotatable bonds is 9. The molecule has 2 aromatic rings. The summed E-state index contributed by atoms with van der Waals surface area (Å²) in [6.45, 7) is 8.11. The molecule has 0 saturated carbocycles. The Labute approximate surface area is 162 Å². The highest BCUT2D eigenvalue weighted by Gasteiger charge is 2.30. The molecule has 0 saturated heterocycles. The minimum absolute atomic E-state index is 0.130. The number of aromatic amines is 1. The Morgan fingerprint density at radius 2 is 1.89 bits per heavy atom. The van der Waals surface area contributed by atoms with Crippen LogP contribution in [0.2, 0.25) is 0 Å². The average molecular weight is 371 g/mol. The largest absolute Gasteiger partial charge is 0.327 e. The van der Waals surface area contributed by atoms with Crippen LogP contribution in [0, 0.1) is 0 Å². The number of aromatic nitrogens is 1. The standard InChI is InChI=1S/C22H32N4O/c1-4-6-13-26(14-7-5-2)16-20(27)24-21-17-10-8-9-11-19(17)23-22-18(21)12-15-25(22)3/h8-11H,4-7,12-16H2,1-3H3,(H,23,24,27)/p+2. The minimum Gasteiger partial charge on any atom is -0.327 e. The summed E-state index contributed by atoms with van der Waals surface area (Å²) >= 11 is 0. The van der Waals surface area contributed by atoms with Crippen LogP contribution < -0.4 is 20.1 Å². The summed E-state index contributed by atoms with van der Waals surface area (Å²) in [5.41, 5.74) is 3.30. The van der Waals surface area contributed by atoms with Crippen molar-refractivity contribution in [2.45, 2.75) is 46.0 Å². The molecule has 1 aromatic carbocycles. The number of carbonyl (C=O) groups is 1. The van der Waals surface area contributed by atoms with E-state index in [2.05, 4.69) is 48.2 Å². The quantitative estimate of drug-likeness (QED) is 0.710. The number of quaternary nitrogens is 1. The molecule has 3 rings (SSSR count). The van der Waals surface area contributed by atoms with Crippen molar-refractivity contribution >= 4 is 28.3 Å². The van der Waals surface area contributed by atoms with Gasteiger partial charge in [-0.3, -0.25) is 9.69 Å². The van der Waals surface area contributed by atoms with E-state index in [4.69, 9.17) is 0 Å². The van der Waals surface area contributed by atoms with Crippen molar-refractivity contribution in [3.63, 3.8) is 0 Å². The van der Waals surface area contributed by atoms with E-state index in [0.717, 1.165) is 48.5 Å². The highest BCUT2D eigenvalue weighted by atomic mass is 16.2. The lowest BCUT2D eigenvalue weighted by Gasteiger charge is -2.19. The van der Waals surface area contributed by atoms with Gasteiger partial charge in [-0.2, -0.15) is 0 Å². The van der Waals surface area contributed by atoms with Gasteiger partial charge in [-0.25, -0.2) is 4.98 Å². The molecule has 3 N–H and O–H groups in total. The third-order valence-corrected chi connectivity index (χ3v) is 5.56. The second-order valence-electron chi connectivity index (χ2n) is 7.73. The summed E-state index contributed by atoms with van der Waals surface area (Å²) in [5, 5.41) is 4.38. The van der Waals surface area contributed by atoms with Crippen molar-refractivity contribution in [3.8, 4) is 0 Å². The Bertz CT molecular complexity index is 781. The average Bonchev–Trinajstić information content (AvgIpc) is 3.04. The Hall–Kier alpha value is -2.14. The maximum atomic E-state index is 12.9. The number of benzene rings is 1. The van der Waals surface area contributed by atoms with E-state index in [-0.39, 0.29) is 5.91 Å². The topological polar surface area (TPSA) is 50.9 Å². The maximum Gasteiger partial charge on any atom is 0.280 e. The molecular formula is C22H34N4O+2. The smallest absolute Gasteiger partial charge is 0.280 e. The van der Waals surface area contributed by atoms with E-state index < -0.39 is 0 Å². The lowest BCUT2D eigenvalue weighted by Crippen LogP contribution is -3.13. The first-order valence-corrected chi connectivity index (χ1v) is 10.5. The van der Waals surface area contributed by atoms with Crippen LogP contribution in [0.3, 0.4) is 0 Å². The van der Waals surface area contributed by atoms with Gasteiger partial charge in [0.25, 0.3) is 11.7 Å². The number of likely N-dealkylation sites (N-methyl/N-ethyl adjacent to an activating group) is 1. The number of amides is 1. The number of H-pyrrole nitrogens is 1. The first-order chi connectivity index (χ1) is 13.1. The number of anilines is 2. The molecule has 1 amide bonds. The molecule has 1 aromatic heterocycles. The van der Waals surface area contributed by atoms with E-state index in [1.807, 2.05) is 12.1 Å². The summed E-state index contributed by atoms with van der Waals surface area (Å²) < 4.78 is 0. The minimum atomic E-state index is 0.130. The number of hydrogen-bond donors (Lipinski definition) is 2. The van der Waals surface area contributed by atoms with Crippen LogP contribution in [0.1, 0.15) is 45.1 Å². The number of nitrogens with one attached hydrogen (secondary N) is 3. The van der Waals surface area contributed by atoms with Crippen LogP contribution in [0.25, 0.3) is 10.9 Å². The third kappa shape index (κ3) is 4.59. The molecule has 0 fully saturated rings. The highest BCUT2D eigenvalue weighted by molar-refractivity contribution is 6.03. The van der Waals surface area contributed by atoms with Crippen LogP contribution in [-0.2, 0) is 11.2 Å². The summed E-state index contributed by atoms with van der Waals surface area (Å²) in [6.07, 6.45) is 5.67. The molecule has 5 nitrogen and oxygen atoms in total. The van der Waals surface area contributed by atoms with E-state index in [0.29, 0.717) is 6.54 Å². The molecule has 1 aliphatic rings. The fraction of sp³-hybridized carbons (Fsp3) is 0.545. The molecule has 0 atom stereocenters. The van der Waals surface area contributed by atoms with Gasteiger partial charge in [0.1, 0.15) is 5.52 Å². The molecule has 5 heteroatoms. The maximum absolute atomic E-state index is 12.9. The third-order valence-electron chi connectivity index (χ3n) is 5.56. The van der Waals surface area contributed by atoms with Gasteiger partial charge < -0.3 is 10.2 Å². The predicted molar refractivity (Wildman–Crippen MR) is 111 cm³/mol. The number of fused-ring (bicyclic) bond motifs is 2. The van der Waals surface area contributed by atoms with E-state index in [9.17, 15) is 4.79 Å². The monoisotopic (exact) mass is 370 g/mol. The predicted octanol–water partition coefficient (Wildman–Crippen LogP) is 2.07. The molecule has 1 aliphatic heterocycles. The van der Waals surface area contributed by atoms with Crippen molar-refractivity contribution in [1.82, 2.24) is 0 Å². The van der Waals surface area contributed by atoms with Crippen LogP contribution >= 0.6 is 0 Å².